The summed E-state index contributed by atoms with van der Waals surface area (Å²) in [7, 11) is 0. The monoisotopic (exact) mass is 400 g/mol. The van der Waals surface area contributed by atoms with Crippen molar-refractivity contribution in [2.24, 2.45) is 5.10 Å². The fraction of sp³-hybridized carbons (Fsp3) is 0.0870. The number of aromatic nitrogens is 2. The molecule has 1 heterocycles. The number of aromatic amines is 1. The zero-order chi connectivity index (χ0) is 19.8. The number of H-pyrrole nitrogens is 1. The smallest absolute Gasteiger partial charge is 0.272 e. The number of hydrogen-bond acceptors (Lipinski definition) is 3. The molecule has 4 aromatic rings. The van der Waals surface area contributed by atoms with E-state index >= 15 is 0 Å². The number of aryl methyl sites for hydroxylation is 2. The van der Waals surface area contributed by atoms with Gasteiger partial charge in [-0.1, -0.05) is 54.1 Å². The van der Waals surface area contributed by atoms with Crippen LogP contribution in [-0.2, 0) is 12.8 Å². The second-order valence-electron chi connectivity index (χ2n) is 7.03. The molecule has 1 aliphatic carbocycles. The summed E-state index contributed by atoms with van der Waals surface area (Å²) in [4.78, 5) is 12.4. The number of carbonyl (C=O) groups excluding carboxylic acids is 1. The number of benzene rings is 3. The van der Waals surface area contributed by atoms with Crippen LogP contribution in [0.4, 0.5) is 0 Å². The highest BCUT2D eigenvalue weighted by molar-refractivity contribution is 6.30. The molecule has 6 heteroatoms. The average Bonchev–Trinajstić information content (AvgIpc) is 3.39. The van der Waals surface area contributed by atoms with E-state index in [0.29, 0.717) is 10.7 Å². The number of carbonyl (C=O) groups is 1. The molecule has 142 valence electrons. The summed E-state index contributed by atoms with van der Waals surface area (Å²) in [6, 6.07) is 19.6. The maximum absolute atomic E-state index is 12.4. The number of amides is 1. The summed E-state index contributed by atoms with van der Waals surface area (Å²) < 4.78 is 0. The van der Waals surface area contributed by atoms with Crippen molar-refractivity contribution in [2.75, 3.05) is 0 Å². The van der Waals surface area contributed by atoms with Crippen molar-refractivity contribution in [2.45, 2.75) is 12.8 Å². The van der Waals surface area contributed by atoms with Crippen molar-refractivity contribution in [1.82, 2.24) is 15.6 Å². The number of hydrogen-bond donors (Lipinski definition) is 2. The van der Waals surface area contributed by atoms with Gasteiger partial charge in [-0.05, 0) is 58.5 Å². The Kier molecular flexibility index (Phi) is 4.37. The van der Waals surface area contributed by atoms with Crippen molar-refractivity contribution in [1.29, 1.82) is 0 Å². The molecular formula is C23H17ClN4O. The van der Waals surface area contributed by atoms with E-state index in [1.807, 2.05) is 12.1 Å². The van der Waals surface area contributed by atoms with Gasteiger partial charge in [-0.15, -0.1) is 0 Å². The van der Waals surface area contributed by atoms with Crippen molar-refractivity contribution in [3.63, 3.8) is 0 Å². The molecule has 2 N–H and O–H groups in total. The van der Waals surface area contributed by atoms with Crippen LogP contribution in [0.15, 0.2) is 65.8 Å². The van der Waals surface area contributed by atoms with E-state index in [0.717, 1.165) is 29.7 Å². The topological polar surface area (TPSA) is 70.1 Å². The van der Waals surface area contributed by atoms with Crippen LogP contribution in [0.2, 0.25) is 5.02 Å². The third kappa shape index (κ3) is 3.30. The third-order valence-electron chi connectivity index (χ3n) is 5.23. The largest absolute Gasteiger partial charge is 0.289 e. The lowest BCUT2D eigenvalue weighted by molar-refractivity contribution is 0.0950. The second kappa shape index (κ2) is 7.18. The van der Waals surface area contributed by atoms with Gasteiger partial charge in [0.2, 0.25) is 0 Å². The zero-order valence-corrected chi connectivity index (χ0v) is 16.2. The Morgan fingerprint density at radius 3 is 2.69 bits per heavy atom. The Morgan fingerprint density at radius 1 is 1.07 bits per heavy atom. The Morgan fingerprint density at radius 2 is 1.86 bits per heavy atom. The first kappa shape index (κ1) is 17.6. The van der Waals surface area contributed by atoms with Gasteiger partial charge < -0.3 is 0 Å². The zero-order valence-electron chi connectivity index (χ0n) is 15.4. The molecule has 29 heavy (non-hydrogen) atoms. The van der Waals surface area contributed by atoms with E-state index in [9.17, 15) is 4.79 Å². The van der Waals surface area contributed by atoms with Crippen molar-refractivity contribution in [3.05, 3.63) is 88.1 Å². The van der Waals surface area contributed by atoms with Crippen LogP contribution in [0.5, 0.6) is 0 Å². The number of halogens is 1. The summed E-state index contributed by atoms with van der Waals surface area (Å²) in [5.74, 6) is -0.347. The van der Waals surface area contributed by atoms with Crippen molar-refractivity contribution < 1.29 is 4.79 Å². The molecule has 0 aliphatic heterocycles. The highest BCUT2D eigenvalue weighted by atomic mass is 35.5. The van der Waals surface area contributed by atoms with E-state index in [1.165, 1.54) is 21.9 Å². The molecule has 1 amide bonds. The van der Waals surface area contributed by atoms with E-state index < -0.39 is 0 Å². The van der Waals surface area contributed by atoms with Crippen LogP contribution >= 0.6 is 11.6 Å². The Balaban J connectivity index is 1.38. The van der Waals surface area contributed by atoms with Crippen LogP contribution in [0.25, 0.3) is 22.0 Å². The molecule has 0 fully saturated rings. The molecule has 0 radical (unpaired) electrons. The number of nitrogens with one attached hydrogen (secondary N) is 2. The Hall–Kier alpha value is -3.44. The standard InChI is InChI=1S/C23H17ClN4O/c24-17-9-4-14(5-10-17)13-25-28-23(29)21-12-20(26-27-21)18-11-8-16-7-6-15-2-1-3-19(18)22(15)16/h1-5,8-13H,6-7H2,(H,26,27)(H,28,29). The molecule has 5 nitrogen and oxygen atoms in total. The summed E-state index contributed by atoms with van der Waals surface area (Å²) in [6.45, 7) is 0. The predicted octanol–water partition coefficient (Wildman–Crippen LogP) is 4.75. The highest BCUT2D eigenvalue weighted by Crippen LogP contribution is 2.36. The summed E-state index contributed by atoms with van der Waals surface area (Å²) in [6.07, 6.45) is 3.72. The fourth-order valence-corrected chi connectivity index (χ4v) is 3.95. The van der Waals surface area contributed by atoms with Gasteiger partial charge in [0.1, 0.15) is 5.69 Å². The first-order chi connectivity index (χ1) is 14.2. The van der Waals surface area contributed by atoms with Gasteiger partial charge in [-0.3, -0.25) is 9.89 Å². The van der Waals surface area contributed by atoms with E-state index in [2.05, 4.69) is 51.1 Å². The Bertz CT molecular complexity index is 1250. The number of hydrazone groups is 1. The lowest BCUT2D eigenvalue weighted by atomic mass is 9.98. The second-order valence-corrected chi connectivity index (χ2v) is 7.47. The lowest BCUT2D eigenvalue weighted by Gasteiger charge is -2.06. The molecule has 5 rings (SSSR count). The summed E-state index contributed by atoms with van der Waals surface area (Å²) >= 11 is 5.86. The molecule has 3 aromatic carbocycles. The number of rotatable bonds is 4. The molecule has 1 aliphatic rings. The predicted molar refractivity (Wildman–Crippen MR) is 115 cm³/mol. The van der Waals surface area contributed by atoms with Gasteiger partial charge in [-0.2, -0.15) is 10.2 Å². The molecule has 0 bridgehead atoms. The highest BCUT2D eigenvalue weighted by Gasteiger charge is 2.18. The van der Waals surface area contributed by atoms with E-state index in [4.69, 9.17) is 11.6 Å². The third-order valence-corrected chi connectivity index (χ3v) is 5.48. The quantitative estimate of drug-likeness (QED) is 0.383. The average molecular weight is 401 g/mol. The van der Waals surface area contributed by atoms with Crippen LogP contribution in [0, 0.1) is 0 Å². The van der Waals surface area contributed by atoms with Gasteiger partial charge in [0.15, 0.2) is 0 Å². The maximum Gasteiger partial charge on any atom is 0.289 e. The van der Waals surface area contributed by atoms with Gasteiger partial charge in [-0.25, -0.2) is 5.43 Å². The molecule has 1 aromatic heterocycles. The molecule has 0 saturated carbocycles. The molecule has 0 unspecified atom stereocenters. The van der Waals surface area contributed by atoms with Crippen molar-refractivity contribution >= 4 is 34.5 Å². The Labute approximate surface area is 172 Å². The van der Waals surface area contributed by atoms with Gasteiger partial charge in [0.25, 0.3) is 5.91 Å². The molecular weight excluding hydrogens is 384 g/mol. The normalized spacial score (nSPS) is 12.7. The van der Waals surface area contributed by atoms with E-state index in [1.54, 1.807) is 24.4 Å². The molecule has 0 atom stereocenters. The number of nitrogens with zero attached hydrogens (tertiary/aromatic N) is 2. The van der Waals surface area contributed by atoms with Gasteiger partial charge >= 0.3 is 0 Å². The summed E-state index contributed by atoms with van der Waals surface area (Å²) in [5.41, 5.74) is 8.24. The maximum atomic E-state index is 12.4. The molecule has 0 spiro atoms. The van der Waals surface area contributed by atoms with Gasteiger partial charge in [0.05, 0.1) is 11.9 Å². The van der Waals surface area contributed by atoms with Crippen molar-refractivity contribution in [3.8, 4) is 11.3 Å². The lowest BCUT2D eigenvalue weighted by Crippen LogP contribution is -2.17. The minimum atomic E-state index is -0.347. The first-order valence-electron chi connectivity index (χ1n) is 9.37. The van der Waals surface area contributed by atoms with Gasteiger partial charge in [0, 0.05) is 10.6 Å². The summed E-state index contributed by atoms with van der Waals surface area (Å²) in [5, 5.41) is 14.3. The van der Waals surface area contributed by atoms with Crippen LogP contribution in [0.3, 0.4) is 0 Å². The SMILES string of the molecule is O=C(NN=Cc1ccc(Cl)cc1)c1cc(-c2ccc3c4c(cccc24)CC3)n[nH]1. The first-order valence-corrected chi connectivity index (χ1v) is 9.75. The van der Waals surface area contributed by atoms with Crippen LogP contribution in [-0.4, -0.2) is 22.3 Å². The minimum Gasteiger partial charge on any atom is -0.272 e. The minimum absolute atomic E-state index is 0.347. The van der Waals surface area contributed by atoms with E-state index in [-0.39, 0.29) is 5.91 Å². The molecule has 0 saturated heterocycles. The fourth-order valence-electron chi connectivity index (χ4n) is 3.82. The van der Waals surface area contributed by atoms with Crippen LogP contribution < -0.4 is 5.43 Å². The van der Waals surface area contributed by atoms with Crippen LogP contribution in [0.1, 0.15) is 27.2 Å².